The van der Waals surface area contributed by atoms with Gasteiger partial charge < -0.3 is 14.6 Å². The van der Waals surface area contributed by atoms with E-state index in [0.29, 0.717) is 12.4 Å². The van der Waals surface area contributed by atoms with Gasteiger partial charge in [-0.3, -0.25) is 0 Å². The Bertz CT molecular complexity index is 828. The van der Waals surface area contributed by atoms with Gasteiger partial charge in [0.2, 0.25) is 0 Å². The lowest BCUT2D eigenvalue weighted by atomic mass is 10.2. The number of hydrogen-bond acceptors (Lipinski definition) is 5. The Morgan fingerprint density at radius 1 is 1.18 bits per heavy atom. The van der Waals surface area contributed by atoms with E-state index < -0.39 is 0 Å². The second-order valence-corrected chi connectivity index (χ2v) is 5.65. The molecule has 3 aromatic heterocycles. The molecule has 1 N–H and O–H groups in total. The summed E-state index contributed by atoms with van der Waals surface area (Å²) in [6.07, 6.45) is 6.07. The van der Waals surface area contributed by atoms with Crippen molar-refractivity contribution in [2.45, 2.75) is 12.5 Å². The SMILES string of the molecule is Cn1ccc2c(-c3nccc(N4CCC(O)C4)n3)ccnc21. The second kappa shape index (κ2) is 5.06. The molecule has 3 aromatic rings. The Labute approximate surface area is 128 Å². The van der Waals surface area contributed by atoms with Crippen LogP contribution in [0.3, 0.4) is 0 Å². The fourth-order valence-electron chi connectivity index (χ4n) is 2.96. The predicted octanol–water partition coefficient (Wildman–Crippen LogP) is 1.60. The largest absolute Gasteiger partial charge is 0.391 e. The van der Waals surface area contributed by atoms with Crippen molar-refractivity contribution in [3.63, 3.8) is 0 Å². The number of aryl methyl sites for hydroxylation is 1. The van der Waals surface area contributed by atoms with Crippen LogP contribution in [0.2, 0.25) is 0 Å². The van der Waals surface area contributed by atoms with Crippen molar-refractivity contribution >= 4 is 16.9 Å². The van der Waals surface area contributed by atoms with Crippen LogP contribution in [0, 0.1) is 0 Å². The summed E-state index contributed by atoms with van der Waals surface area (Å²) < 4.78 is 1.99. The quantitative estimate of drug-likeness (QED) is 0.778. The van der Waals surface area contributed by atoms with Crippen LogP contribution in [0.4, 0.5) is 5.82 Å². The summed E-state index contributed by atoms with van der Waals surface area (Å²) in [5.74, 6) is 1.56. The molecule has 0 saturated carbocycles. The van der Waals surface area contributed by atoms with E-state index in [1.807, 2.05) is 36.0 Å². The van der Waals surface area contributed by atoms with Gasteiger partial charge in [-0.25, -0.2) is 15.0 Å². The molecule has 6 heteroatoms. The highest BCUT2D eigenvalue weighted by Gasteiger charge is 2.22. The number of anilines is 1. The van der Waals surface area contributed by atoms with Gasteiger partial charge in [0.1, 0.15) is 11.5 Å². The van der Waals surface area contributed by atoms with Gasteiger partial charge in [0.25, 0.3) is 0 Å². The lowest BCUT2D eigenvalue weighted by Gasteiger charge is -2.16. The summed E-state index contributed by atoms with van der Waals surface area (Å²) >= 11 is 0. The molecule has 0 aromatic carbocycles. The number of nitrogens with zero attached hydrogens (tertiary/aromatic N) is 5. The van der Waals surface area contributed by atoms with Gasteiger partial charge in [-0.1, -0.05) is 0 Å². The average Bonchev–Trinajstić information content (AvgIpc) is 3.14. The summed E-state index contributed by atoms with van der Waals surface area (Å²) in [6, 6.07) is 5.87. The molecular weight excluding hydrogens is 278 g/mol. The number of aliphatic hydroxyl groups excluding tert-OH is 1. The van der Waals surface area contributed by atoms with Gasteiger partial charge >= 0.3 is 0 Å². The Hall–Kier alpha value is -2.47. The summed E-state index contributed by atoms with van der Waals surface area (Å²) in [5, 5.41) is 10.7. The lowest BCUT2D eigenvalue weighted by molar-refractivity contribution is 0.198. The smallest absolute Gasteiger partial charge is 0.162 e. The zero-order valence-electron chi connectivity index (χ0n) is 12.3. The van der Waals surface area contributed by atoms with E-state index >= 15 is 0 Å². The van der Waals surface area contributed by atoms with Gasteiger partial charge in [-0.15, -0.1) is 0 Å². The predicted molar refractivity (Wildman–Crippen MR) is 84.6 cm³/mol. The number of fused-ring (bicyclic) bond motifs is 1. The number of rotatable bonds is 2. The van der Waals surface area contributed by atoms with E-state index in [1.165, 1.54) is 0 Å². The number of β-amino-alcohol motifs (C(OH)–C–C–N with tert-alkyl or cyclic N) is 1. The van der Waals surface area contributed by atoms with Crippen molar-refractivity contribution in [2.24, 2.45) is 7.05 Å². The third kappa shape index (κ3) is 2.12. The molecule has 0 radical (unpaired) electrons. The normalized spacial score (nSPS) is 18.3. The van der Waals surface area contributed by atoms with E-state index in [2.05, 4.69) is 19.9 Å². The van der Waals surface area contributed by atoms with E-state index in [4.69, 9.17) is 0 Å². The first-order valence-electron chi connectivity index (χ1n) is 7.39. The first-order valence-corrected chi connectivity index (χ1v) is 7.39. The van der Waals surface area contributed by atoms with Crippen LogP contribution in [0.5, 0.6) is 0 Å². The molecule has 1 aliphatic rings. The Balaban J connectivity index is 1.79. The minimum Gasteiger partial charge on any atom is -0.391 e. The average molecular weight is 295 g/mol. The summed E-state index contributed by atoms with van der Waals surface area (Å²) in [5.41, 5.74) is 1.90. The highest BCUT2D eigenvalue weighted by molar-refractivity contribution is 5.91. The first kappa shape index (κ1) is 13.2. The van der Waals surface area contributed by atoms with Crippen molar-refractivity contribution in [1.82, 2.24) is 19.5 Å². The van der Waals surface area contributed by atoms with Crippen molar-refractivity contribution in [1.29, 1.82) is 0 Å². The summed E-state index contributed by atoms with van der Waals surface area (Å²) in [6.45, 7) is 1.46. The summed E-state index contributed by atoms with van der Waals surface area (Å²) in [7, 11) is 1.97. The minimum absolute atomic E-state index is 0.264. The maximum absolute atomic E-state index is 9.70. The maximum Gasteiger partial charge on any atom is 0.162 e. The zero-order chi connectivity index (χ0) is 15.1. The van der Waals surface area contributed by atoms with E-state index in [9.17, 15) is 5.11 Å². The molecule has 1 saturated heterocycles. The summed E-state index contributed by atoms with van der Waals surface area (Å²) in [4.78, 5) is 15.6. The Morgan fingerprint density at radius 2 is 2.05 bits per heavy atom. The third-order valence-electron chi connectivity index (χ3n) is 4.14. The van der Waals surface area contributed by atoms with Crippen molar-refractivity contribution in [3.05, 3.63) is 36.8 Å². The molecule has 1 atom stereocenters. The molecule has 1 fully saturated rings. The van der Waals surface area contributed by atoms with Crippen LogP contribution in [0.15, 0.2) is 36.8 Å². The molecular formula is C16H17N5O. The van der Waals surface area contributed by atoms with Crippen molar-refractivity contribution in [3.8, 4) is 11.4 Å². The maximum atomic E-state index is 9.70. The van der Waals surface area contributed by atoms with E-state index in [1.54, 1.807) is 12.4 Å². The van der Waals surface area contributed by atoms with Gasteiger partial charge in [0, 0.05) is 49.7 Å². The molecule has 1 aliphatic heterocycles. The van der Waals surface area contributed by atoms with Gasteiger partial charge in [0.05, 0.1) is 6.10 Å². The molecule has 0 spiro atoms. The van der Waals surface area contributed by atoms with E-state index in [-0.39, 0.29) is 6.10 Å². The number of hydrogen-bond donors (Lipinski definition) is 1. The van der Waals surface area contributed by atoms with Crippen molar-refractivity contribution in [2.75, 3.05) is 18.0 Å². The fraction of sp³-hybridized carbons (Fsp3) is 0.312. The molecule has 0 aliphatic carbocycles. The third-order valence-corrected chi connectivity index (χ3v) is 4.14. The van der Waals surface area contributed by atoms with Crippen LogP contribution in [-0.4, -0.2) is 43.8 Å². The highest BCUT2D eigenvalue weighted by atomic mass is 16.3. The van der Waals surface area contributed by atoms with Gasteiger partial charge in [0.15, 0.2) is 5.82 Å². The minimum atomic E-state index is -0.264. The van der Waals surface area contributed by atoms with Crippen LogP contribution in [0.1, 0.15) is 6.42 Å². The molecule has 4 heterocycles. The standard InChI is InChI=1S/C16H17N5O/c1-20-8-5-13-12(2-6-18-16(13)20)15-17-7-3-14(19-15)21-9-4-11(22)10-21/h2-3,5-8,11,22H,4,9-10H2,1H3. The van der Waals surface area contributed by atoms with Crippen LogP contribution in [-0.2, 0) is 7.05 Å². The zero-order valence-corrected chi connectivity index (χ0v) is 12.3. The van der Waals surface area contributed by atoms with Crippen LogP contribution in [0.25, 0.3) is 22.4 Å². The first-order chi connectivity index (χ1) is 10.7. The van der Waals surface area contributed by atoms with Crippen LogP contribution < -0.4 is 4.90 Å². The molecule has 1 unspecified atom stereocenters. The molecule has 6 nitrogen and oxygen atoms in total. The molecule has 112 valence electrons. The highest BCUT2D eigenvalue weighted by Crippen LogP contribution is 2.27. The molecule has 4 rings (SSSR count). The fourth-order valence-corrected chi connectivity index (χ4v) is 2.96. The number of aliphatic hydroxyl groups is 1. The molecule has 0 bridgehead atoms. The Kier molecular flexibility index (Phi) is 3.04. The monoisotopic (exact) mass is 295 g/mol. The lowest BCUT2D eigenvalue weighted by Crippen LogP contribution is -2.22. The second-order valence-electron chi connectivity index (χ2n) is 5.65. The number of aromatic nitrogens is 4. The number of pyridine rings is 1. The molecule has 22 heavy (non-hydrogen) atoms. The van der Waals surface area contributed by atoms with Crippen LogP contribution >= 0.6 is 0 Å². The Morgan fingerprint density at radius 3 is 2.86 bits per heavy atom. The van der Waals surface area contributed by atoms with E-state index in [0.717, 1.165) is 35.4 Å². The molecule has 0 amide bonds. The van der Waals surface area contributed by atoms with Gasteiger partial charge in [-0.05, 0) is 24.6 Å². The topological polar surface area (TPSA) is 67.1 Å². The van der Waals surface area contributed by atoms with Crippen molar-refractivity contribution < 1.29 is 5.11 Å². The van der Waals surface area contributed by atoms with Gasteiger partial charge in [-0.2, -0.15) is 0 Å².